The lowest BCUT2D eigenvalue weighted by molar-refractivity contribution is 0.398. The molecule has 0 spiro atoms. The standard InChI is InChI=1S/C9H24N4/c1-4-11-12-7-5-6-10-8-9-13(2)3/h10-12H,4-9H2,1-3H3. The molecule has 0 aliphatic carbocycles. The zero-order valence-corrected chi connectivity index (χ0v) is 9.19. The van der Waals surface area contributed by atoms with E-state index in [2.05, 4.69) is 42.1 Å². The van der Waals surface area contributed by atoms with Crippen molar-refractivity contribution >= 4 is 0 Å². The first kappa shape index (κ1) is 12.8. The average molecular weight is 188 g/mol. The summed E-state index contributed by atoms with van der Waals surface area (Å²) in [7, 11) is 4.18. The van der Waals surface area contributed by atoms with Gasteiger partial charge in [0.1, 0.15) is 0 Å². The second-order valence-electron chi connectivity index (χ2n) is 3.36. The molecule has 4 nitrogen and oxygen atoms in total. The van der Waals surface area contributed by atoms with Gasteiger partial charge in [-0.3, -0.25) is 10.9 Å². The first-order valence-corrected chi connectivity index (χ1v) is 5.08. The molecule has 0 fully saturated rings. The van der Waals surface area contributed by atoms with E-state index < -0.39 is 0 Å². The van der Waals surface area contributed by atoms with Crippen LogP contribution in [0.3, 0.4) is 0 Å². The molecular formula is C9H24N4. The number of hydrogen-bond donors (Lipinski definition) is 3. The zero-order valence-electron chi connectivity index (χ0n) is 9.19. The molecule has 0 rings (SSSR count). The van der Waals surface area contributed by atoms with Crippen LogP contribution in [0, 0.1) is 0 Å². The van der Waals surface area contributed by atoms with Gasteiger partial charge < -0.3 is 10.2 Å². The maximum absolute atomic E-state index is 3.38. The maximum atomic E-state index is 3.38. The Hall–Kier alpha value is -0.160. The molecule has 3 N–H and O–H groups in total. The van der Waals surface area contributed by atoms with Crippen LogP contribution in [-0.4, -0.2) is 51.7 Å². The van der Waals surface area contributed by atoms with Crippen LogP contribution in [0.5, 0.6) is 0 Å². The molecule has 80 valence electrons. The van der Waals surface area contributed by atoms with Gasteiger partial charge in [-0.05, 0) is 27.1 Å². The van der Waals surface area contributed by atoms with Gasteiger partial charge in [0.05, 0.1) is 0 Å². The lowest BCUT2D eigenvalue weighted by atomic mass is 10.4. The third-order valence-electron chi connectivity index (χ3n) is 1.69. The molecule has 0 unspecified atom stereocenters. The minimum Gasteiger partial charge on any atom is -0.315 e. The summed E-state index contributed by atoms with van der Waals surface area (Å²) in [6.07, 6.45) is 1.17. The summed E-state index contributed by atoms with van der Waals surface area (Å²) >= 11 is 0. The molecule has 0 saturated carbocycles. The minimum atomic E-state index is 0.980. The molecule has 0 radical (unpaired) electrons. The van der Waals surface area contributed by atoms with Crippen molar-refractivity contribution in [2.75, 3.05) is 46.8 Å². The van der Waals surface area contributed by atoms with E-state index in [1.807, 2.05) is 0 Å². The number of nitrogens with one attached hydrogen (secondary N) is 3. The molecule has 0 atom stereocenters. The van der Waals surface area contributed by atoms with Crippen LogP contribution in [-0.2, 0) is 0 Å². The van der Waals surface area contributed by atoms with Crippen molar-refractivity contribution in [3.8, 4) is 0 Å². The average Bonchev–Trinajstić information content (AvgIpc) is 2.09. The van der Waals surface area contributed by atoms with Crippen LogP contribution in [0.4, 0.5) is 0 Å². The summed E-state index contributed by atoms with van der Waals surface area (Å²) in [6, 6.07) is 0. The fourth-order valence-electron chi connectivity index (χ4n) is 0.943. The van der Waals surface area contributed by atoms with Gasteiger partial charge in [-0.15, -0.1) is 0 Å². The Bertz CT molecular complexity index is 95.6. The Morgan fingerprint density at radius 1 is 1.00 bits per heavy atom. The van der Waals surface area contributed by atoms with Crippen molar-refractivity contribution in [2.24, 2.45) is 0 Å². The second kappa shape index (κ2) is 9.92. The summed E-state index contributed by atoms with van der Waals surface area (Å²) < 4.78 is 0. The van der Waals surface area contributed by atoms with Gasteiger partial charge in [0.15, 0.2) is 0 Å². The molecule has 0 aromatic heterocycles. The van der Waals surface area contributed by atoms with E-state index in [0.29, 0.717) is 0 Å². The van der Waals surface area contributed by atoms with Gasteiger partial charge in [0, 0.05) is 26.2 Å². The van der Waals surface area contributed by atoms with Crippen molar-refractivity contribution in [3.63, 3.8) is 0 Å². The van der Waals surface area contributed by atoms with Gasteiger partial charge >= 0.3 is 0 Å². The molecule has 13 heavy (non-hydrogen) atoms. The normalized spacial score (nSPS) is 11.1. The smallest absolute Gasteiger partial charge is 0.0112 e. The van der Waals surface area contributed by atoms with E-state index >= 15 is 0 Å². The first-order chi connectivity index (χ1) is 6.27. The molecule has 0 saturated heterocycles. The molecule has 0 heterocycles. The number of rotatable bonds is 9. The van der Waals surface area contributed by atoms with Crippen LogP contribution < -0.4 is 16.2 Å². The third kappa shape index (κ3) is 11.8. The molecule has 0 aliphatic rings. The molecule has 0 bridgehead atoms. The number of likely N-dealkylation sites (N-methyl/N-ethyl adjacent to an activating group) is 1. The van der Waals surface area contributed by atoms with Gasteiger partial charge in [-0.1, -0.05) is 6.92 Å². The van der Waals surface area contributed by atoms with Crippen molar-refractivity contribution in [1.29, 1.82) is 0 Å². The van der Waals surface area contributed by atoms with Crippen LogP contribution in [0.1, 0.15) is 13.3 Å². The Kier molecular flexibility index (Phi) is 9.80. The lowest BCUT2D eigenvalue weighted by Crippen LogP contribution is -2.34. The highest BCUT2D eigenvalue weighted by atomic mass is 15.3. The quantitative estimate of drug-likeness (QED) is 0.341. The number of nitrogens with zero attached hydrogens (tertiary/aromatic N) is 1. The predicted octanol–water partition coefficient (Wildman–Crippen LogP) is -0.358. The van der Waals surface area contributed by atoms with Crippen molar-refractivity contribution in [3.05, 3.63) is 0 Å². The molecule has 0 aromatic rings. The van der Waals surface area contributed by atoms with Gasteiger partial charge in [-0.2, -0.15) is 0 Å². The Morgan fingerprint density at radius 2 is 1.77 bits per heavy atom. The Morgan fingerprint density at radius 3 is 2.38 bits per heavy atom. The maximum Gasteiger partial charge on any atom is 0.0112 e. The summed E-state index contributed by atoms with van der Waals surface area (Å²) in [4.78, 5) is 2.18. The highest BCUT2D eigenvalue weighted by molar-refractivity contribution is 4.51. The van der Waals surface area contributed by atoms with Crippen LogP contribution in [0.25, 0.3) is 0 Å². The zero-order chi connectivity index (χ0) is 9.94. The summed E-state index contributed by atoms with van der Waals surface area (Å²) in [5.74, 6) is 0. The van der Waals surface area contributed by atoms with E-state index in [4.69, 9.17) is 0 Å². The second-order valence-corrected chi connectivity index (χ2v) is 3.36. The fourth-order valence-corrected chi connectivity index (χ4v) is 0.943. The van der Waals surface area contributed by atoms with Crippen molar-refractivity contribution in [1.82, 2.24) is 21.1 Å². The van der Waals surface area contributed by atoms with Gasteiger partial charge in [0.25, 0.3) is 0 Å². The monoisotopic (exact) mass is 188 g/mol. The molecule has 0 aromatic carbocycles. The van der Waals surface area contributed by atoms with E-state index in [1.54, 1.807) is 0 Å². The molecule has 0 aliphatic heterocycles. The van der Waals surface area contributed by atoms with Gasteiger partial charge in [-0.25, -0.2) is 0 Å². The molecule has 4 heteroatoms. The highest BCUT2D eigenvalue weighted by Gasteiger charge is 1.89. The van der Waals surface area contributed by atoms with E-state index in [0.717, 1.165) is 32.7 Å². The Balaban J connectivity index is 2.84. The highest BCUT2D eigenvalue weighted by Crippen LogP contribution is 1.74. The van der Waals surface area contributed by atoms with Crippen LogP contribution >= 0.6 is 0 Å². The summed E-state index contributed by atoms with van der Waals surface area (Å²) in [5, 5.41) is 3.38. The minimum absolute atomic E-state index is 0.980. The van der Waals surface area contributed by atoms with E-state index in [1.165, 1.54) is 6.42 Å². The third-order valence-corrected chi connectivity index (χ3v) is 1.69. The summed E-state index contributed by atoms with van der Waals surface area (Å²) in [5.41, 5.74) is 6.21. The van der Waals surface area contributed by atoms with Crippen LogP contribution in [0.2, 0.25) is 0 Å². The first-order valence-electron chi connectivity index (χ1n) is 5.08. The van der Waals surface area contributed by atoms with E-state index in [-0.39, 0.29) is 0 Å². The van der Waals surface area contributed by atoms with Crippen LogP contribution in [0.15, 0.2) is 0 Å². The topological polar surface area (TPSA) is 39.3 Å². The van der Waals surface area contributed by atoms with E-state index in [9.17, 15) is 0 Å². The predicted molar refractivity (Wildman–Crippen MR) is 57.7 cm³/mol. The van der Waals surface area contributed by atoms with Gasteiger partial charge in [0.2, 0.25) is 0 Å². The largest absolute Gasteiger partial charge is 0.315 e. The number of hydrogen-bond acceptors (Lipinski definition) is 4. The molecule has 0 amide bonds. The molecular weight excluding hydrogens is 164 g/mol. The van der Waals surface area contributed by atoms with Crippen molar-refractivity contribution in [2.45, 2.75) is 13.3 Å². The lowest BCUT2D eigenvalue weighted by Gasteiger charge is -2.10. The fraction of sp³-hybridized carbons (Fsp3) is 1.00. The SMILES string of the molecule is CCNNCCCNCCN(C)C. The Labute approximate surface area is 82.0 Å². The van der Waals surface area contributed by atoms with Crippen molar-refractivity contribution < 1.29 is 0 Å². The number of hydrazine groups is 1. The summed E-state index contributed by atoms with van der Waals surface area (Å²) in [6.45, 7) is 7.38.